The highest BCUT2D eigenvalue weighted by atomic mass is 35.5. The quantitative estimate of drug-likeness (QED) is 0.901. The Labute approximate surface area is 115 Å². The average Bonchev–Trinajstić information content (AvgIpc) is 2.40. The lowest BCUT2D eigenvalue weighted by Crippen LogP contribution is -2.09. The van der Waals surface area contributed by atoms with Crippen LogP contribution in [-0.2, 0) is 6.42 Å². The lowest BCUT2D eigenvalue weighted by Gasteiger charge is -2.15. The van der Waals surface area contributed by atoms with E-state index in [-0.39, 0.29) is 24.5 Å². The number of hydrogen-bond acceptors (Lipinski definition) is 1. The predicted molar refractivity (Wildman–Crippen MR) is 71.3 cm³/mol. The van der Waals surface area contributed by atoms with Gasteiger partial charge in [-0.2, -0.15) is 0 Å². The number of aliphatic hydroxyl groups is 1. The van der Waals surface area contributed by atoms with Crippen molar-refractivity contribution in [3.8, 4) is 0 Å². The SMILES string of the molecule is OCC(Cc1cccc(F)c1F)c1cccc(Cl)c1. The van der Waals surface area contributed by atoms with Crippen LogP contribution in [0.5, 0.6) is 0 Å². The highest BCUT2D eigenvalue weighted by Gasteiger charge is 2.16. The first-order valence-electron chi connectivity index (χ1n) is 5.91. The van der Waals surface area contributed by atoms with Crippen LogP contribution in [0.4, 0.5) is 8.78 Å². The maximum Gasteiger partial charge on any atom is 0.162 e. The van der Waals surface area contributed by atoms with Crippen LogP contribution < -0.4 is 0 Å². The molecule has 0 bridgehead atoms. The van der Waals surface area contributed by atoms with Crippen molar-refractivity contribution < 1.29 is 13.9 Å². The molecular weight excluding hydrogens is 270 g/mol. The molecule has 1 nitrogen and oxygen atoms in total. The molecule has 2 aromatic carbocycles. The van der Waals surface area contributed by atoms with Gasteiger partial charge in [0.2, 0.25) is 0 Å². The van der Waals surface area contributed by atoms with Crippen LogP contribution in [0.3, 0.4) is 0 Å². The monoisotopic (exact) mass is 282 g/mol. The fraction of sp³-hybridized carbons (Fsp3) is 0.200. The van der Waals surface area contributed by atoms with Crippen molar-refractivity contribution in [1.29, 1.82) is 0 Å². The van der Waals surface area contributed by atoms with Gasteiger partial charge in [-0.1, -0.05) is 35.9 Å². The zero-order chi connectivity index (χ0) is 13.8. The Balaban J connectivity index is 2.26. The van der Waals surface area contributed by atoms with E-state index in [2.05, 4.69) is 0 Å². The lowest BCUT2D eigenvalue weighted by molar-refractivity contribution is 0.263. The molecule has 0 radical (unpaired) electrons. The molecule has 2 aromatic rings. The Morgan fingerprint density at radius 1 is 1.11 bits per heavy atom. The molecular formula is C15H13ClF2O. The summed E-state index contributed by atoms with van der Waals surface area (Å²) < 4.78 is 26.8. The summed E-state index contributed by atoms with van der Waals surface area (Å²) in [7, 11) is 0. The van der Waals surface area contributed by atoms with Crippen LogP contribution >= 0.6 is 11.6 Å². The van der Waals surface area contributed by atoms with E-state index in [1.54, 1.807) is 18.2 Å². The van der Waals surface area contributed by atoms with Crippen molar-refractivity contribution in [2.75, 3.05) is 6.61 Å². The maximum absolute atomic E-state index is 13.6. The van der Waals surface area contributed by atoms with E-state index >= 15 is 0 Å². The van der Waals surface area contributed by atoms with Gasteiger partial charge >= 0.3 is 0 Å². The summed E-state index contributed by atoms with van der Waals surface area (Å²) in [4.78, 5) is 0. The van der Waals surface area contributed by atoms with Crippen LogP contribution in [0.2, 0.25) is 5.02 Å². The van der Waals surface area contributed by atoms with E-state index in [9.17, 15) is 13.9 Å². The third-order valence-electron chi connectivity index (χ3n) is 3.04. The second kappa shape index (κ2) is 6.13. The summed E-state index contributed by atoms with van der Waals surface area (Å²) in [6.45, 7) is -0.156. The normalized spacial score (nSPS) is 12.4. The number of benzene rings is 2. The lowest BCUT2D eigenvalue weighted by atomic mass is 9.92. The van der Waals surface area contributed by atoms with Crippen molar-refractivity contribution in [1.82, 2.24) is 0 Å². The summed E-state index contributed by atoms with van der Waals surface area (Å²) in [6.07, 6.45) is 0.223. The molecule has 1 atom stereocenters. The predicted octanol–water partition coefficient (Wildman–Crippen LogP) is 3.94. The zero-order valence-corrected chi connectivity index (χ0v) is 10.9. The minimum Gasteiger partial charge on any atom is -0.396 e. The van der Waals surface area contributed by atoms with E-state index in [4.69, 9.17) is 11.6 Å². The van der Waals surface area contributed by atoms with Crippen molar-refractivity contribution in [2.45, 2.75) is 12.3 Å². The minimum atomic E-state index is -0.875. The third-order valence-corrected chi connectivity index (χ3v) is 3.27. The fourth-order valence-corrected chi connectivity index (χ4v) is 2.22. The zero-order valence-electron chi connectivity index (χ0n) is 10.1. The van der Waals surface area contributed by atoms with Crippen molar-refractivity contribution in [3.05, 3.63) is 70.2 Å². The first-order valence-corrected chi connectivity index (χ1v) is 6.29. The molecule has 0 saturated carbocycles. The summed E-state index contributed by atoms with van der Waals surface area (Å²) in [6, 6.07) is 11.1. The minimum absolute atomic E-state index is 0.156. The highest BCUT2D eigenvalue weighted by molar-refractivity contribution is 6.30. The second-order valence-electron chi connectivity index (χ2n) is 4.35. The molecule has 0 saturated heterocycles. The molecule has 1 N–H and O–H groups in total. The van der Waals surface area contributed by atoms with Crippen molar-refractivity contribution in [3.63, 3.8) is 0 Å². The standard InChI is InChI=1S/C15H13ClF2O/c16-13-5-1-3-10(8-13)12(9-19)7-11-4-2-6-14(17)15(11)18/h1-6,8,12,19H,7,9H2. The van der Waals surface area contributed by atoms with Gasteiger partial charge in [-0.25, -0.2) is 8.78 Å². The Morgan fingerprint density at radius 3 is 2.53 bits per heavy atom. The molecule has 0 heterocycles. The molecule has 0 aromatic heterocycles. The van der Waals surface area contributed by atoms with E-state index in [1.807, 2.05) is 6.07 Å². The fourth-order valence-electron chi connectivity index (χ4n) is 2.02. The first kappa shape index (κ1) is 14.0. The molecule has 0 spiro atoms. The molecule has 0 amide bonds. The largest absolute Gasteiger partial charge is 0.396 e. The van der Waals surface area contributed by atoms with Gasteiger partial charge in [-0.15, -0.1) is 0 Å². The van der Waals surface area contributed by atoms with Crippen molar-refractivity contribution >= 4 is 11.6 Å². The van der Waals surface area contributed by atoms with Crippen LogP contribution in [0, 0.1) is 11.6 Å². The van der Waals surface area contributed by atoms with E-state index in [1.165, 1.54) is 12.1 Å². The van der Waals surface area contributed by atoms with E-state index in [0.717, 1.165) is 11.6 Å². The van der Waals surface area contributed by atoms with Crippen LogP contribution in [-0.4, -0.2) is 11.7 Å². The van der Waals surface area contributed by atoms with Gasteiger partial charge in [0, 0.05) is 10.9 Å². The molecule has 0 aliphatic rings. The van der Waals surface area contributed by atoms with Crippen LogP contribution in [0.25, 0.3) is 0 Å². The summed E-state index contributed by atoms with van der Waals surface area (Å²) >= 11 is 5.89. The Hall–Kier alpha value is -1.45. The number of halogens is 3. The Morgan fingerprint density at radius 2 is 1.84 bits per heavy atom. The summed E-state index contributed by atoms with van der Waals surface area (Å²) in [5.41, 5.74) is 1.05. The summed E-state index contributed by atoms with van der Waals surface area (Å²) in [5.74, 6) is -2.04. The Kier molecular flexibility index (Phi) is 4.51. The molecule has 1 unspecified atom stereocenters. The van der Waals surface area contributed by atoms with Crippen LogP contribution in [0.15, 0.2) is 42.5 Å². The smallest absolute Gasteiger partial charge is 0.162 e. The number of aliphatic hydroxyl groups excluding tert-OH is 1. The van der Waals surface area contributed by atoms with Gasteiger partial charge in [0.1, 0.15) is 0 Å². The Bertz CT molecular complexity index is 572. The summed E-state index contributed by atoms with van der Waals surface area (Å²) in [5, 5.41) is 9.98. The molecule has 4 heteroatoms. The van der Waals surface area contributed by atoms with Crippen molar-refractivity contribution in [2.24, 2.45) is 0 Å². The molecule has 0 aliphatic heterocycles. The highest BCUT2D eigenvalue weighted by Crippen LogP contribution is 2.25. The first-order chi connectivity index (χ1) is 9.11. The van der Waals surface area contributed by atoms with Gasteiger partial charge in [0.05, 0.1) is 6.61 Å². The maximum atomic E-state index is 13.6. The molecule has 2 rings (SSSR count). The van der Waals surface area contributed by atoms with Gasteiger partial charge in [-0.05, 0) is 35.7 Å². The van der Waals surface area contributed by atoms with Crippen LogP contribution in [0.1, 0.15) is 17.0 Å². The second-order valence-corrected chi connectivity index (χ2v) is 4.79. The molecule has 19 heavy (non-hydrogen) atoms. The van der Waals surface area contributed by atoms with Gasteiger partial charge < -0.3 is 5.11 Å². The third kappa shape index (κ3) is 3.31. The molecule has 0 aliphatic carbocycles. The van der Waals surface area contributed by atoms with Gasteiger partial charge in [0.15, 0.2) is 11.6 Å². The molecule has 0 fully saturated rings. The molecule has 100 valence electrons. The van der Waals surface area contributed by atoms with E-state index in [0.29, 0.717) is 5.02 Å². The number of rotatable bonds is 4. The number of hydrogen-bond donors (Lipinski definition) is 1. The van der Waals surface area contributed by atoms with Gasteiger partial charge in [0.25, 0.3) is 0 Å². The van der Waals surface area contributed by atoms with E-state index < -0.39 is 11.6 Å². The van der Waals surface area contributed by atoms with Gasteiger partial charge in [-0.3, -0.25) is 0 Å². The topological polar surface area (TPSA) is 20.2 Å². The average molecular weight is 283 g/mol.